The summed E-state index contributed by atoms with van der Waals surface area (Å²) in [6.07, 6.45) is 2.40. The number of nitrogens with zero attached hydrogens (tertiary/aromatic N) is 1. The van der Waals surface area contributed by atoms with Crippen LogP contribution in [0, 0.1) is 5.82 Å². The zero-order valence-corrected chi connectivity index (χ0v) is 10.8. The predicted octanol–water partition coefficient (Wildman–Crippen LogP) is 3.42. The highest BCUT2D eigenvalue weighted by Crippen LogP contribution is 2.29. The summed E-state index contributed by atoms with van der Waals surface area (Å²) in [7, 11) is 0. The van der Waals surface area contributed by atoms with Crippen molar-refractivity contribution in [1.29, 1.82) is 0 Å². The fraction of sp³-hybridized carbons (Fsp3) is 0.357. The van der Waals surface area contributed by atoms with Crippen molar-refractivity contribution in [1.82, 2.24) is 10.3 Å². The Kier molecular flexibility index (Phi) is 3.39. The summed E-state index contributed by atoms with van der Waals surface area (Å²) in [6, 6.07) is 6.64. The number of hydrogen-bond acceptors (Lipinski definition) is 3. The standard InChI is InChI=1S/C14H15FN2S/c15-12-5-1-3-10(7-12)14-17-13(9-18-14)11-4-2-6-16-8-11/h1,3,5,7,9,11,16H,2,4,6,8H2. The third-order valence-corrected chi connectivity index (χ3v) is 4.22. The minimum absolute atomic E-state index is 0.205. The lowest BCUT2D eigenvalue weighted by Gasteiger charge is -2.20. The summed E-state index contributed by atoms with van der Waals surface area (Å²) in [4.78, 5) is 4.66. The van der Waals surface area contributed by atoms with Gasteiger partial charge in [-0.05, 0) is 31.5 Å². The molecule has 3 rings (SSSR count). The molecule has 0 bridgehead atoms. The van der Waals surface area contributed by atoms with Crippen LogP contribution in [0.4, 0.5) is 4.39 Å². The van der Waals surface area contributed by atoms with Gasteiger partial charge in [0.1, 0.15) is 10.8 Å². The van der Waals surface area contributed by atoms with E-state index in [0.29, 0.717) is 5.92 Å². The molecule has 1 saturated heterocycles. The van der Waals surface area contributed by atoms with Crippen molar-refractivity contribution in [2.45, 2.75) is 18.8 Å². The van der Waals surface area contributed by atoms with Crippen molar-refractivity contribution < 1.29 is 4.39 Å². The van der Waals surface area contributed by atoms with Gasteiger partial charge in [0.05, 0.1) is 5.69 Å². The third kappa shape index (κ3) is 2.44. The van der Waals surface area contributed by atoms with E-state index in [-0.39, 0.29) is 5.82 Å². The van der Waals surface area contributed by atoms with Crippen LogP contribution in [0.15, 0.2) is 29.6 Å². The van der Waals surface area contributed by atoms with Crippen LogP contribution in [-0.2, 0) is 0 Å². The summed E-state index contributed by atoms with van der Waals surface area (Å²) >= 11 is 1.60. The highest BCUT2D eigenvalue weighted by atomic mass is 32.1. The Bertz CT molecular complexity index is 532. The number of halogens is 1. The van der Waals surface area contributed by atoms with E-state index in [2.05, 4.69) is 15.7 Å². The van der Waals surface area contributed by atoms with E-state index in [9.17, 15) is 4.39 Å². The van der Waals surface area contributed by atoms with Gasteiger partial charge in [0.15, 0.2) is 0 Å². The second kappa shape index (κ2) is 5.16. The highest BCUT2D eigenvalue weighted by molar-refractivity contribution is 7.13. The van der Waals surface area contributed by atoms with Gasteiger partial charge in [0, 0.05) is 23.4 Å². The van der Waals surface area contributed by atoms with Gasteiger partial charge < -0.3 is 5.32 Å². The Hall–Kier alpha value is -1.26. The number of thiazole rings is 1. The molecule has 1 fully saturated rings. The van der Waals surface area contributed by atoms with Gasteiger partial charge in [0.2, 0.25) is 0 Å². The summed E-state index contributed by atoms with van der Waals surface area (Å²) in [5, 5.41) is 6.42. The lowest BCUT2D eigenvalue weighted by Crippen LogP contribution is -2.28. The molecule has 0 saturated carbocycles. The van der Waals surface area contributed by atoms with E-state index in [1.807, 2.05) is 6.07 Å². The lowest BCUT2D eigenvalue weighted by atomic mass is 9.97. The summed E-state index contributed by atoms with van der Waals surface area (Å²) in [6.45, 7) is 2.11. The molecule has 1 aromatic carbocycles. The van der Waals surface area contributed by atoms with E-state index >= 15 is 0 Å². The first-order valence-electron chi connectivity index (χ1n) is 6.25. The molecule has 1 atom stereocenters. The zero-order chi connectivity index (χ0) is 12.4. The van der Waals surface area contributed by atoms with E-state index in [4.69, 9.17) is 0 Å². The van der Waals surface area contributed by atoms with Crippen molar-refractivity contribution in [3.05, 3.63) is 41.2 Å². The number of rotatable bonds is 2. The first-order chi connectivity index (χ1) is 8.83. The summed E-state index contributed by atoms with van der Waals surface area (Å²) < 4.78 is 13.2. The largest absolute Gasteiger partial charge is 0.316 e. The van der Waals surface area contributed by atoms with Gasteiger partial charge >= 0.3 is 0 Å². The topological polar surface area (TPSA) is 24.9 Å². The molecular formula is C14H15FN2S. The molecule has 1 aliphatic rings. The number of benzene rings is 1. The van der Waals surface area contributed by atoms with Crippen LogP contribution in [0.25, 0.3) is 10.6 Å². The van der Waals surface area contributed by atoms with Crippen molar-refractivity contribution in [2.24, 2.45) is 0 Å². The Morgan fingerprint density at radius 1 is 1.39 bits per heavy atom. The number of hydrogen-bond donors (Lipinski definition) is 1. The van der Waals surface area contributed by atoms with Crippen molar-refractivity contribution in [2.75, 3.05) is 13.1 Å². The fourth-order valence-corrected chi connectivity index (χ4v) is 3.23. The van der Waals surface area contributed by atoms with E-state index in [1.54, 1.807) is 23.5 Å². The molecule has 2 aromatic rings. The average Bonchev–Trinajstić information content (AvgIpc) is 2.89. The minimum atomic E-state index is -0.205. The summed E-state index contributed by atoms with van der Waals surface area (Å²) in [5.41, 5.74) is 2.02. The quantitative estimate of drug-likeness (QED) is 0.897. The molecule has 2 heterocycles. The molecule has 1 aliphatic heterocycles. The predicted molar refractivity (Wildman–Crippen MR) is 72.4 cm³/mol. The fourth-order valence-electron chi connectivity index (χ4n) is 2.33. The molecule has 0 aliphatic carbocycles. The Morgan fingerprint density at radius 3 is 3.11 bits per heavy atom. The van der Waals surface area contributed by atoms with E-state index < -0.39 is 0 Å². The maximum atomic E-state index is 13.2. The average molecular weight is 262 g/mol. The van der Waals surface area contributed by atoms with Crippen LogP contribution in [0.5, 0.6) is 0 Å². The van der Waals surface area contributed by atoms with Crippen LogP contribution >= 0.6 is 11.3 Å². The van der Waals surface area contributed by atoms with Crippen LogP contribution in [0.3, 0.4) is 0 Å². The molecule has 1 N–H and O–H groups in total. The first-order valence-corrected chi connectivity index (χ1v) is 7.13. The Labute approximate surface area is 110 Å². The second-order valence-corrected chi connectivity index (χ2v) is 5.49. The lowest BCUT2D eigenvalue weighted by molar-refractivity contribution is 0.456. The van der Waals surface area contributed by atoms with E-state index in [0.717, 1.165) is 29.4 Å². The maximum absolute atomic E-state index is 13.2. The van der Waals surface area contributed by atoms with Crippen LogP contribution in [0.1, 0.15) is 24.5 Å². The van der Waals surface area contributed by atoms with Gasteiger partial charge in [-0.2, -0.15) is 0 Å². The molecule has 18 heavy (non-hydrogen) atoms. The van der Waals surface area contributed by atoms with Crippen LogP contribution < -0.4 is 5.32 Å². The van der Waals surface area contributed by atoms with Gasteiger partial charge in [-0.3, -0.25) is 0 Å². The molecule has 0 amide bonds. The zero-order valence-electron chi connectivity index (χ0n) is 10.0. The molecular weight excluding hydrogens is 247 g/mol. The molecule has 4 heteroatoms. The van der Waals surface area contributed by atoms with Crippen molar-refractivity contribution in [3.63, 3.8) is 0 Å². The van der Waals surface area contributed by atoms with Gasteiger partial charge in [-0.15, -0.1) is 11.3 Å². The molecule has 0 radical (unpaired) electrons. The molecule has 1 aromatic heterocycles. The number of aromatic nitrogens is 1. The molecule has 1 unspecified atom stereocenters. The van der Waals surface area contributed by atoms with Crippen LogP contribution in [0.2, 0.25) is 0 Å². The monoisotopic (exact) mass is 262 g/mol. The normalized spacial score (nSPS) is 19.9. The summed E-state index contributed by atoms with van der Waals surface area (Å²) in [5.74, 6) is 0.306. The van der Waals surface area contributed by atoms with Crippen molar-refractivity contribution in [3.8, 4) is 10.6 Å². The molecule has 94 valence electrons. The third-order valence-electron chi connectivity index (χ3n) is 3.31. The van der Waals surface area contributed by atoms with Gasteiger partial charge in [0.25, 0.3) is 0 Å². The van der Waals surface area contributed by atoms with Crippen molar-refractivity contribution >= 4 is 11.3 Å². The Balaban J connectivity index is 1.84. The van der Waals surface area contributed by atoms with Gasteiger partial charge in [-0.1, -0.05) is 12.1 Å². The SMILES string of the molecule is Fc1cccc(-c2nc(C3CCCNC3)cs2)c1. The van der Waals surface area contributed by atoms with E-state index in [1.165, 1.54) is 18.9 Å². The smallest absolute Gasteiger partial charge is 0.123 e. The Morgan fingerprint density at radius 2 is 2.33 bits per heavy atom. The van der Waals surface area contributed by atoms with Crippen LogP contribution in [-0.4, -0.2) is 18.1 Å². The second-order valence-electron chi connectivity index (χ2n) is 4.63. The molecule has 0 spiro atoms. The molecule has 2 nitrogen and oxygen atoms in total. The number of piperidine rings is 1. The van der Waals surface area contributed by atoms with Gasteiger partial charge in [-0.25, -0.2) is 9.37 Å². The maximum Gasteiger partial charge on any atom is 0.123 e. The minimum Gasteiger partial charge on any atom is -0.316 e. The highest BCUT2D eigenvalue weighted by Gasteiger charge is 2.18. The first kappa shape index (κ1) is 11.8. The number of nitrogens with one attached hydrogen (secondary N) is 1.